The number of esters is 1. The standard InChI is InChI=1S/C25H37N3O4/c1-6-10-12-18(8-3)23(29)26-20-14-11-13-19(16-20)22-21(24(30)32-9-4)17(5)28(15-7-2)25(31)27-22/h11,13-14,16,18,22H,6-10,12,15H2,1-5H3,(H,26,29)(H,27,31). The third-order valence-corrected chi connectivity index (χ3v) is 5.80. The van der Waals surface area contributed by atoms with Gasteiger partial charge in [-0.3, -0.25) is 9.69 Å². The van der Waals surface area contributed by atoms with Gasteiger partial charge in [-0.15, -0.1) is 0 Å². The lowest BCUT2D eigenvalue weighted by Gasteiger charge is -2.35. The highest BCUT2D eigenvalue weighted by atomic mass is 16.5. The van der Waals surface area contributed by atoms with E-state index in [1.54, 1.807) is 18.7 Å². The second kappa shape index (κ2) is 12.3. The van der Waals surface area contributed by atoms with Gasteiger partial charge in [-0.25, -0.2) is 9.59 Å². The molecule has 32 heavy (non-hydrogen) atoms. The van der Waals surface area contributed by atoms with Crippen LogP contribution in [0.15, 0.2) is 35.5 Å². The van der Waals surface area contributed by atoms with Gasteiger partial charge in [-0.1, -0.05) is 45.7 Å². The van der Waals surface area contributed by atoms with Crippen molar-refractivity contribution in [3.8, 4) is 0 Å². The number of carbonyl (C=O) groups excluding carboxylic acids is 3. The minimum atomic E-state index is -0.645. The van der Waals surface area contributed by atoms with Crippen molar-refractivity contribution >= 4 is 23.6 Å². The van der Waals surface area contributed by atoms with Crippen molar-refractivity contribution in [3.05, 3.63) is 41.1 Å². The van der Waals surface area contributed by atoms with Crippen LogP contribution in [-0.2, 0) is 14.3 Å². The minimum Gasteiger partial charge on any atom is -0.463 e. The quantitative estimate of drug-likeness (QED) is 0.463. The fraction of sp³-hybridized carbons (Fsp3) is 0.560. The SMILES string of the molecule is CCCCC(CC)C(=O)Nc1cccc(C2NC(=O)N(CCC)C(C)=C2C(=O)OCC)c1. The number of amides is 3. The summed E-state index contributed by atoms with van der Waals surface area (Å²) < 4.78 is 5.30. The van der Waals surface area contributed by atoms with E-state index in [-0.39, 0.29) is 24.5 Å². The Kier molecular flexibility index (Phi) is 9.75. The van der Waals surface area contributed by atoms with Crippen LogP contribution in [0.3, 0.4) is 0 Å². The zero-order chi connectivity index (χ0) is 23.7. The van der Waals surface area contributed by atoms with Gasteiger partial charge in [0, 0.05) is 23.8 Å². The first-order chi connectivity index (χ1) is 15.4. The highest BCUT2D eigenvalue weighted by molar-refractivity contribution is 5.95. The molecule has 2 unspecified atom stereocenters. The molecule has 1 aliphatic heterocycles. The molecule has 1 aliphatic rings. The number of allylic oxidation sites excluding steroid dienone is 1. The number of ether oxygens (including phenoxy) is 1. The molecule has 2 atom stereocenters. The fourth-order valence-electron chi connectivity index (χ4n) is 4.01. The number of nitrogens with one attached hydrogen (secondary N) is 2. The minimum absolute atomic E-state index is 0.00256. The molecule has 0 aromatic heterocycles. The topological polar surface area (TPSA) is 87.7 Å². The van der Waals surface area contributed by atoms with E-state index in [0.29, 0.717) is 23.5 Å². The number of hydrogen-bond donors (Lipinski definition) is 2. The summed E-state index contributed by atoms with van der Waals surface area (Å²) in [4.78, 5) is 39.9. The molecule has 0 saturated heterocycles. The second-order valence-electron chi connectivity index (χ2n) is 8.12. The van der Waals surface area contributed by atoms with Crippen LogP contribution in [0, 0.1) is 5.92 Å². The molecule has 2 N–H and O–H groups in total. The van der Waals surface area contributed by atoms with Crippen LogP contribution in [-0.4, -0.2) is 36.0 Å². The van der Waals surface area contributed by atoms with E-state index in [1.807, 2.05) is 38.1 Å². The molecule has 1 aromatic rings. The van der Waals surface area contributed by atoms with E-state index in [1.165, 1.54) is 0 Å². The lowest BCUT2D eigenvalue weighted by Crippen LogP contribution is -2.48. The molecule has 1 aromatic carbocycles. The van der Waals surface area contributed by atoms with Crippen LogP contribution in [0.5, 0.6) is 0 Å². The normalized spacial score (nSPS) is 17.1. The van der Waals surface area contributed by atoms with Crippen LogP contribution < -0.4 is 10.6 Å². The van der Waals surface area contributed by atoms with Crippen molar-refractivity contribution in [1.82, 2.24) is 10.2 Å². The summed E-state index contributed by atoms with van der Waals surface area (Å²) in [7, 11) is 0. The Balaban J connectivity index is 2.35. The molecule has 7 heteroatoms. The number of anilines is 1. The molecule has 0 radical (unpaired) electrons. The first-order valence-corrected chi connectivity index (χ1v) is 11.7. The van der Waals surface area contributed by atoms with Crippen molar-refractivity contribution in [3.63, 3.8) is 0 Å². The molecule has 0 spiro atoms. The maximum Gasteiger partial charge on any atom is 0.338 e. The summed E-state index contributed by atoms with van der Waals surface area (Å²) in [6.07, 6.45) is 4.48. The molecule has 7 nitrogen and oxygen atoms in total. The number of unbranched alkanes of at least 4 members (excludes halogenated alkanes) is 1. The predicted molar refractivity (Wildman–Crippen MR) is 126 cm³/mol. The van der Waals surface area contributed by atoms with E-state index < -0.39 is 12.0 Å². The van der Waals surface area contributed by atoms with Crippen LogP contribution in [0.2, 0.25) is 0 Å². The Hall–Kier alpha value is -2.83. The van der Waals surface area contributed by atoms with Gasteiger partial charge in [0.2, 0.25) is 5.91 Å². The van der Waals surface area contributed by atoms with Gasteiger partial charge in [-0.2, -0.15) is 0 Å². The third kappa shape index (κ3) is 6.11. The lowest BCUT2D eigenvalue weighted by atomic mass is 9.94. The third-order valence-electron chi connectivity index (χ3n) is 5.80. The summed E-state index contributed by atoms with van der Waals surface area (Å²) in [5, 5.41) is 5.95. The zero-order valence-corrected chi connectivity index (χ0v) is 20.0. The molecular weight excluding hydrogens is 406 g/mol. The van der Waals surface area contributed by atoms with Crippen LogP contribution in [0.4, 0.5) is 10.5 Å². The Morgan fingerprint density at radius 1 is 1.19 bits per heavy atom. The van der Waals surface area contributed by atoms with Gasteiger partial charge >= 0.3 is 12.0 Å². The summed E-state index contributed by atoms with van der Waals surface area (Å²) in [6, 6.07) is 6.41. The van der Waals surface area contributed by atoms with Gasteiger partial charge in [0.25, 0.3) is 0 Å². The Labute approximate surface area is 191 Å². The average molecular weight is 444 g/mol. The molecule has 1 heterocycles. The highest BCUT2D eigenvalue weighted by Gasteiger charge is 2.36. The summed E-state index contributed by atoms with van der Waals surface area (Å²) in [5.41, 5.74) is 2.38. The number of hydrogen-bond acceptors (Lipinski definition) is 4. The van der Waals surface area contributed by atoms with Gasteiger partial charge in [0.05, 0.1) is 18.2 Å². The molecule has 0 fully saturated rings. The van der Waals surface area contributed by atoms with Gasteiger partial charge in [0.1, 0.15) is 0 Å². The Morgan fingerprint density at radius 3 is 2.56 bits per heavy atom. The van der Waals surface area contributed by atoms with Gasteiger partial charge in [0.15, 0.2) is 0 Å². The van der Waals surface area contributed by atoms with Crippen molar-refractivity contribution in [2.24, 2.45) is 5.92 Å². The average Bonchev–Trinajstić information content (AvgIpc) is 2.77. The highest BCUT2D eigenvalue weighted by Crippen LogP contribution is 2.32. The van der Waals surface area contributed by atoms with E-state index in [2.05, 4.69) is 17.6 Å². The molecule has 2 rings (SSSR count). The van der Waals surface area contributed by atoms with Crippen LogP contribution >= 0.6 is 0 Å². The van der Waals surface area contributed by atoms with E-state index in [0.717, 1.165) is 37.7 Å². The fourth-order valence-corrected chi connectivity index (χ4v) is 4.01. The number of carbonyl (C=O) groups is 3. The van der Waals surface area contributed by atoms with Crippen molar-refractivity contribution < 1.29 is 19.1 Å². The number of benzene rings is 1. The zero-order valence-electron chi connectivity index (χ0n) is 20.0. The Morgan fingerprint density at radius 2 is 1.94 bits per heavy atom. The van der Waals surface area contributed by atoms with E-state index in [9.17, 15) is 14.4 Å². The maximum atomic E-state index is 12.8. The molecule has 0 bridgehead atoms. The Bertz CT molecular complexity index is 849. The van der Waals surface area contributed by atoms with Crippen molar-refractivity contribution in [1.29, 1.82) is 0 Å². The largest absolute Gasteiger partial charge is 0.463 e. The van der Waals surface area contributed by atoms with Crippen LogP contribution in [0.25, 0.3) is 0 Å². The maximum absolute atomic E-state index is 12.8. The molecule has 3 amide bonds. The van der Waals surface area contributed by atoms with Gasteiger partial charge in [-0.05, 0) is 50.8 Å². The summed E-state index contributed by atoms with van der Waals surface area (Å²) in [5.74, 6) is -0.485. The smallest absolute Gasteiger partial charge is 0.338 e. The molecular formula is C25H37N3O4. The summed E-state index contributed by atoms with van der Waals surface area (Å²) >= 11 is 0. The second-order valence-corrected chi connectivity index (χ2v) is 8.12. The molecule has 176 valence electrons. The van der Waals surface area contributed by atoms with Crippen LogP contribution in [0.1, 0.15) is 78.3 Å². The number of nitrogens with zero attached hydrogens (tertiary/aromatic N) is 1. The predicted octanol–water partition coefficient (Wildman–Crippen LogP) is 5.15. The number of urea groups is 1. The summed E-state index contributed by atoms with van der Waals surface area (Å²) in [6.45, 7) is 10.4. The van der Waals surface area contributed by atoms with E-state index >= 15 is 0 Å². The first-order valence-electron chi connectivity index (χ1n) is 11.7. The van der Waals surface area contributed by atoms with Crippen molar-refractivity contribution in [2.75, 3.05) is 18.5 Å². The monoisotopic (exact) mass is 443 g/mol. The van der Waals surface area contributed by atoms with Crippen molar-refractivity contribution in [2.45, 2.75) is 72.8 Å². The molecule has 0 saturated carbocycles. The number of rotatable bonds is 11. The van der Waals surface area contributed by atoms with E-state index in [4.69, 9.17) is 4.74 Å². The first kappa shape index (κ1) is 25.4. The van der Waals surface area contributed by atoms with Gasteiger partial charge < -0.3 is 15.4 Å². The lowest BCUT2D eigenvalue weighted by molar-refractivity contribution is -0.139. The molecule has 0 aliphatic carbocycles.